The molecule has 1 saturated heterocycles. The largest absolute Gasteiger partial charge is 0.382 e. The predicted molar refractivity (Wildman–Crippen MR) is 89.4 cm³/mol. The maximum absolute atomic E-state index is 5.51. The summed E-state index contributed by atoms with van der Waals surface area (Å²) in [6, 6.07) is 9.57. The van der Waals surface area contributed by atoms with Gasteiger partial charge < -0.3 is 10.6 Å². The normalized spacial score (nSPS) is 29.6. The van der Waals surface area contributed by atoms with Crippen LogP contribution in [-0.4, -0.2) is 18.6 Å². The van der Waals surface area contributed by atoms with E-state index in [0.29, 0.717) is 12.1 Å². The molecule has 0 radical (unpaired) electrons. The van der Waals surface area contributed by atoms with Gasteiger partial charge in [0.05, 0.1) is 0 Å². The molecule has 1 aromatic carbocycles. The summed E-state index contributed by atoms with van der Waals surface area (Å²) >= 11 is 0. The van der Waals surface area contributed by atoms with Crippen LogP contribution in [0.25, 0.3) is 0 Å². The smallest absolute Gasteiger partial charge is 0.0354 e. The van der Waals surface area contributed by atoms with Gasteiger partial charge in [0.2, 0.25) is 0 Å². The van der Waals surface area contributed by atoms with Crippen molar-refractivity contribution in [3.63, 3.8) is 0 Å². The predicted octanol–water partition coefficient (Wildman–Crippen LogP) is 3.78. The monoisotopic (exact) mass is 282 g/mol. The van der Waals surface area contributed by atoms with Crippen molar-refractivity contribution >= 4 is 5.69 Å². The van der Waals surface area contributed by atoms with Gasteiger partial charge in [0, 0.05) is 23.3 Å². The van der Waals surface area contributed by atoms with Gasteiger partial charge in [-0.3, -0.25) is 0 Å². The lowest BCUT2D eigenvalue weighted by Crippen LogP contribution is -2.48. The summed E-state index contributed by atoms with van der Waals surface area (Å²) in [5, 5.41) is 7.52. The van der Waals surface area contributed by atoms with Crippen molar-refractivity contribution in [3.8, 4) is 12.3 Å². The molecule has 3 atom stereocenters. The third-order valence-corrected chi connectivity index (χ3v) is 5.07. The van der Waals surface area contributed by atoms with Gasteiger partial charge in [-0.15, -0.1) is 6.42 Å². The number of hydrogen-bond donors (Lipinski definition) is 2. The van der Waals surface area contributed by atoms with Crippen LogP contribution < -0.4 is 10.6 Å². The lowest BCUT2D eigenvalue weighted by molar-refractivity contribution is 0.217. The van der Waals surface area contributed by atoms with Crippen LogP contribution in [-0.2, 0) is 0 Å². The molecule has 21 heavy (non-hydrogen) atoms. The van der Waals surface area contributed by atoms with Crippen molar-refractivity contribution in [1.29, 1.82) is 0 Å². The molecule has 112 valence electrons. The Morgan fingerprint density at radius 1 is 1.10 bits per heavy atom. The summed E-state index contributed by atoms with van der Waals surface area (Å²) in [5.74, 6) is 3.48. The van der Waals surface area contributed by atoms with Crippen LogP contribution in [0.5, 0.6) is 0 Å². The standard InChI is InChI=1S/C19H26N2/c1-2-15-8-7-9-16(14-15)21-19-12-4-3-10-17(19)18-11-5-6-13-20-18/h1,7-9,14,17-21H,3-6,10-13H2. The highest BCUT2D eigenvalue weighted by Crippen LogP contribution is 2.32. The first kappa shape index (κ1) is 14.5. The van der Waals surface area contributed by atoms with E-state index in [9.17, 15) is 0 Å². The average molecular weight is 282 g/mol. The summed E-state index contributed by atoms with van der Waals surface area (Å²) < 4.78 is 0. The van der Waals surface area contributed by atoms with Crippen molar-refractivity contribution in [1.82, 2.24) is 5.32 Å². The molecule has 0 aromatic heterocycles. The first-order valence-corrected chi connectivity index (χ1v) is 8.43. The fourth-order valence-electron chi connectivity index (χ4n) is 3.98. The van der Waals surface area contributed by atoms with E-state index in [-0.39, 0.29) is 0 Å². The van der Waals surface area contributed by atoms with E-state index in [1.54, 1.807) is 0 Å². The Morgan fingerprint density at radius 2 is 1.95 bits per heavy atom. The van der Waals surface area contributed by atoms with Crippen LogP contribution in [0.2, 0.25) is 0 Å². The molecule has 2 nitrogen and oxygen atoms in total. The molecule has 2 aliphatic rings. The Kier molecular flexibility index (Phi) is 4.83. The third kappa shape index (κ3) is 3.60. The lowest BCUT2D eigenvalue weighted by Gasteiger charge is -2.40. The number of anilines is 1. The van der Waals surface area contributed by atoms with Crippen molar-refractivity contribution in [2.24, 2.45) is 5.92 Å². The van der Waals surface area contributed by atoms with Gasteiger partial charge in [-0.05, 0) is 56.3 Å². The molecule has 0 amide bonds. The van der Waals surface area contributed by atoms with Crippen LogP contribution in [0, 0.1) is 18.3 Å². The van der Waals surface area contributed by atoms with Gasteiger partial charge in [-0.25, -0.2) is 0 Å². The van der Waals surface area contributed by atoms with E-state index in [0.717, 1.165) is 11.5 Å². The van der Waals surface area contributed by atoms with Crippen molar-refractivity contribution in [2.75, 3.05) is 11.9 Å². The molecule has 2 fully saturated rings. The fraction of sp³-hybridized carbons (Fsp3) is 0.579. The van der Waals surface area contributed by atoms with E-state index >= 15 is 0 Å². The molecule has 1 aliphatic carbocycles. The zero-order valence-electron chi connectivity index (χ0n) is 12.8. The molecule has 1 aliphatic heterocycles. The number of nitrogens with one attached hydrogen (secondary N) is 2. The second-order valence-electron chi connectivity index (χ2n) is 6.48. The van der Waals surface area contributed by atoms with Gasteiger partial charge in [-0.1, -0.05) is 31.2 Å². The van der Waals surface area contributed by atoms with Crippen LogP contribution >= 0.6 is 0 Å². The van der Waals surface area contributed by atoms with E-state index in [2.05, 4.69) is 28.7 Å². The molecule has 1 saturated carbocycles. The van der Waals surface area contributed by atoms with Crippen LogP contribution in [0.3, 0.4) is 0 Å². The molecular formula is C19H26N2. The second-order valence-corrected chi connectivity index (χ2v) is 6.48. The Hall–Kier alpha value is -1.46. The summed E-state index contributed by atoms with van der Waals surface area (Å²) in [6.07, 6.45) is 14.9. The third-order valence-electron chi connectivity index (χ3n) is 5.07. The topological polar surface area (TPSA) is 24.1 Å². The van der Waals surface area contributed by atoms with Crippen LogP contribution in [0.4, 0.5) is 5.69 Å². The summed E-state index contributed by atoms with van der Waals surface area (Å²) in [6.45, 7) is 1.19. The summed E-state index contributed by atoms with van der Waals surface area (Å²) in [7, 11) is 0. The molecule has 1 aromatic rings. The first-order chi connectivity index (χ1) is 10.4. The number of rotatable bonds is 3. The molecule has 0 spiro atoms. The second kappa shape index (κ2) is 7.00. The molecule has 2 heteroatoms. The van der Waals surface area contributed by atoms with E-state index < -0.39 is 0 Å². The molecule has 3 unspecified atom stereocenters. The molecule has 3 rings (SSSR count). The number of hydrogen-bond acceptors (Lipinski definition) is 2. The lowest BCUT2D eigenvalue weighted by atomic mass is 9.77. The highest BCUT2D eigenvalue weighted by Gasteiger charge is 2.32. The van der Waals surface area contributed by atoms with Crippen molar-refractivity contribution < 1.29 is 0 Å². The maximum atomic E-state index is 5.51. The number of benzene rings is 1. The molecule has 1 heterocycles. The van der Waals surface area contributed by atoms with Crippen molar-refractivity contribution in [3.05, 3.63) is 29.8 Å². The molecule has 2 N–H and O–H groups in total. The van der Waals surface area contributed by atoms with E-state index in [1.807, 2.05) is 12.1 Å². The zero-order chi connectivity index (χ0) is 14.5. The zero-order valence-corrected chi connectivity index (χ0v) is 12.8. The summed E-state index contributed by atoms with van der Waals surface area (Å²) in [5.41, 5.74) is 2.14. The Bertz CT molecular complexity index is 497. The fourth-order valence-corrected chi connectivity index (χ4v) is 3.98. The average Bonchev–Trinajstić information content (AvgIpc) is 2.56. The van der Waals surface area contributed by atoms with Gasteiger partial charge in [-0.2, -0.15) is 0 Å². The van der Waals surface area contributed by atoms with Crippen LogP contribution in [0.1, 0.15) is 50.5 Å². The summed E-state index contributed by atoms with van der Waals surface area (Å²) in [4.78, 5) is 0. The van der Waals surface area contributed by atoms with Gasteiger partial charge in [0.15, 0.2) is 0 Å². The number of terminal acetylenes is 1. The molecule has 0 bridgehead atoms. The maximum Gasteiger partial charge on any atom is 0.0354 e. The van der Waals surface area contributed by atoms with Gasteiger partial charge >= 0.3 is 0 Å². The first-order valence-electron chi connectivity index (χ1n) is 8.43. The quantitative estimate of drug-likeness (QED) is 0.824. The highest BCUT2D eigenvalue weighted by molar-refractivity contribution is 5.50. The minimum Gasteiger partial charge on any atom is -0.382 e. The van der Waals surface area contributed by atoms with Crippen molar-refractivity contribution in [2.45, 2.75) is 57.0 Å². The Morgan fingerprint density at radius 3 is 2.76 bits per heavy atom. The minimum atomic E-state index is 0.586. The highest BCUT2D eigenvalue weighted by atomic mass is 15.0. The van der Waals surface area contributed by atoms with Crippen LogP contribution in [0.15, 0.2) is 24.3 Å². The molecular weight excluding hydrogens is 256 g/mol. The van der Waals surface area contributed by atoms with E-state index in [4.69, 9.17) is 6.42 Å². The van der Waals surface area contributed by atoms with E-state index in [1.165, 1.54) is 57.2 Å². The van der Waals surface area contributed by atoms with Gasteiger partial charge in [0.1, 0.15) is 0 Å². The Labute approximate surface area is 128 Å². The van der Waals surface area contributed by atoms with Gasteiger partial charge in [0.25, 0.3) is 0 Å². The Balaban J connectivity index is 1.70. The number of piperidine rings is 1. The SMILES string of the molecule is C#Cc1cccc(NC2CCCCC2C2CCCCN2)c1. The minimum absolute atomic E-state index is 0.586.